The molecule has 1 aliphatic heterocycles. The SMILES string of the molecule is CCCC1CCCN(C2(CN)CCCC(C)C2)CC1. The minimum absolute atomic E-state index is 0.346. The van der Waals surface area contributed by atoms with E-state index in [0.29, 0.717) is 5.54 Å². The van der Waals surface area contributed by atoms with Crippen molar-refractivity contribution in [1.29, 1.82) is 0 Å². The van der Waals surface area contributed by atoms with Crippen LogP contribution in [0.1, 0.15) is 71.6 Å². The molecule has 0 radical (unpaired) electrons. The molecule has 2 fully saturated rings. The fourth-order valence-electron chi connectivity index (χ4n) is 4.57. The molecule has 2 heteroatoms. The number of nitrogens with zero attached hydrogens (tertiary/aromatic N) is 1. The third-order valence-corrected chi connectivity index (χ3v) is 5.66. The number of rotatable bonds is 4. The molecule has 2 aliphatic rings. The first kappa shape index (κ1) is 15.3. The van der Waals surface area contributed by atoms with E-state index in [2.05, 4.69) is 18.7 Å². The van der Waals surface area contributed by atoms with Crippen LogP contribution in [0.15, 0.2) is 0 Å². The largest absolute Gasteiger partial charge is 0.329 e. The zero-order valence-electron chi connectivity index (χ0n) is 13.2. The molecule has 3 atom stereocenters. The average molecular weight is 266 g/mol. The van der Waals surface area contributed by atoms with Crippen molar-refractivity contribution in [3.63, 3.8) is 0 Å². The van der Waals surface area contributed by atoms with E-state index in [1.807, 2.05) is 0 Å². The molecule has 0 aromatic heterocycles. The molecule has 2 nitrogen and oxygen atoms in total. The smallest absolute Gasteiger partial charge is 0.0334 e. The molecule has 112 valence electrons. The van der Waals surface area contributed by atoms with E-state index in [-0.39, 0.29) is 0 Å². The van der Waals surface area contributed by atoms with Gasteiger partial charge in [-0.15, -0.1) is 0 Å². The molecule has 0 aromatic carbocycles. The second kappa shape index (κ2) is 7.08. The summed E-state index contributed by atoms with van der Waals surface area (Å²) in [6.45, 7) is 8.21. The summed E-state index contributed by atoms with van der Waals surface area (Å²) in [6.07, 6.45) is 12.5. The zero-order chi connectivity index (χ0) is 13.7. The molecule has 2 N–H and O–H groups in total. The van der Waals surface area contributed by atoms with Gasteiger partial charge < -0.3 is 5.73 Å². The lowest BCUT2D eigenvalue weighted by Gasteiger charge is -2.47. The summed E-state index contributed by atoms with van der Waals surface area (Å²) >= 11 is 0. The fourth-order valence-corrected chi connectivity index (χ4v) is 4.57. The van der Waals surface area contributed by atoms with Crippen molar-refractivity contribution >= 4 is 0 Å². The van der Waals surface area contributed by atoms with Crippen LogP contribution in [0.2, 0.25) is 0 Å². The lowest BCUT2D eigenvalue weighted by molar-refractivity contribution is 0.0410. The van der Waals surface area contributed by atoms with Crippen LogP contribution in [0.25, 0.3) is 0 Å². The molecule has 1 saturated heterocycles. The Kier molecular flexibility index (Phi) is 5.70. The summed E-state index contributed by atoms with van der Waals surface area (Å²) in [6, 6.07) is 0. The molecule has 1 saturated carbocycles. The first-order chi connectivity index (χ1) is 9.20. The zero-order valence-corrected chi connectivity index (χ0v) is 13.2. The predicted octanol–water partition coefficient (Wildman–Crippen LogP) is 3.80. The van der Waals surface area contributed by atoms with Crippen molar-refractivity contribution in [3.8, 4) is 0 Å². The van der Waals surface area contributed by atoms with Gasteiger partial charge in [-0.1, -0.05) is 39.5 Å². The summed E-state index contributed by atoms with van der Waals surface area (Å²) in [4.78, 5) is 2.79. The number of hydrogen-bond donors (Lipinski definition) is 1. The molecular formula is C17H34N2. The second-order valence-electron chi connectivity index (χ2n) is 7.20. The first-order valence-electron chi connectivity index (χ1n) is 8.65. The average Bonchev–Trinajstić information content (AvgIpc) is 2.65. The van der Waals surface area contributed by atoms with Crippen molar-refractivity contribution < 1.29 is 0 Å². The number of hydrogen-bond acceptors (Lipinski definition) is 2. The molecule has 1 aliphatic carbocycles. The van der Waals surface area contributed by atoms with E-state index in [0.717, 1.165) is 18.4 Å². The van der Waals surface area contributed by atoms with Gasteiger partial charge in [-0.05, 0) is 57.0 Å². The minimum atomic E-state index is 0.346. The Morgan fingerprint density at radius 3 is 2.68 bits per heavy atom. The Morgan fingerprint density at radius 2 is 2.00 bits per heavy atom. The molecule has 3 unspecified atom stereocenters. The van der Waals surface area contributed by atoms with Crippen LogP contribution in [0.3, 0.4) is 0 Å². The van der Waals surface area contributed by atoms with Crippen LogP contribution in [0.5, 0.6) is 0 Å². The molecule has 0 aromatic rings. The van der Waals surface area contributed by atoms with E-state index in [9.17, 15) is 0 Å². The maximum absolute atomic E-state index is 6.23. The normalized spacial score (nSPS) is 38.1. The Morgan fingerprint density at radius 1 is 1.16 bits per heavy atom. The molecule has 0 amide bonds. The summed E-state index contributed by atoms with van der Waals surface area (Å²) < 4.78 is 0. The molecule has 0 spiro atoms. The van der Waals surface area contributed by atoms with Crippen LogP contribution < -0.4 is 5.73 Å². The summed E-state index contributed by atoms with van der Waals surface area (Å²) in [5.41, 5.74) is 6.58. The first-order valence-corrected chi connectivity index (χ1v) is 8.65. The van der Waals surface area contributed by atoms with Crippen LogP contribution in [-0.4, -0.2) is 30.1 Å². The van der Waals surface area contributed by atoms with Crippen molar-refractivity contribution in [2.75, 3.05) is 19.6 Å². The highest BCUT2D eigenvalue weighted by molar-refractivity contribution is 4.96. The Hall–Kier alpha value is -0.0800. The predicted molar refractivity (Wildman–Crippen MR) is 83.2 cm³/mol. The number of likely N-dealkylation sites (tertiary alicyclic amines) is 1. The van der Waals surface area contributed by atoms with Crippen molar-refractivity contribution in [3.05, 3.63) is 0 Å². The van der Waals surface area contributed by atoms with Gasteiger partial charge in [-0.3, -0.25) is 4.90 Å². The monoisotopic (exact) mass is 266 g/mol. The van der Waals surface area contributed by atoms with Crippen molar-refractivity contribution in [2.24, 2.45) is 17.6 Å². The van der Waals surface area contributed by atoms with Gasteiger partial charge in [0.2, 0.25) is 0 Å². The van der Waals surface area contributed by atoms with Crippen molar-refractivity contribution in [2.45, 2.75) is 77.2 Å². The van der Waals surface area contributed by atoms with Crippen LogP contribution in [0, 0.1) is 11.8 Å². The highest BCUT2D eigenvalue weighted by Crippen LogP contribution is 2.38. The Labute approximate surface area is 120 Å². The molecular weight excluding hydrogens is 232 g/mol. The van der Waals surface area contributed by atoms with Crippen LogP contribution >= 0.6 is 0 Å². The van der Waals surface area contributed by atoms with Crippen LogP contribution in [-0.2, 0) is 0 Å². The van der Waals surface area contributed by atoms with Gasteiger partial charge in [0.1, 0.15) is 0 Å². The maximum atomic E-state index is 6.23. The molecule has 2 rings (SSSR count). The van der Waals surface area contributed by atoms with E-state index in [1.165, 1.54) is 70.9 Å². The van der Waals surface area contributed by atoms with E-state index < -0.39 is 0 Å². The molecule has 19 heavy (non-hydrogen) atoms. The highest BCUT2D eigenvalue weighted by atomic mass is 15.2. The molecule has 0 bridgehead atoms. The fraction of sp³-hybridized carbons (Fsp3) is 1.00. The number of nitrogens with two attached hydrogens (primary N) is 1. The maximum Gasteiger partial charge on any atom is 0.0334 e. The van der Waals surface area contributed by atoms with E-state index in [4.69, 9.17) is 5.73 Å². The third-order valence-electron chi connectivity index (χ3n) is 5.66. The van der Waals surface area contributed by atoms with Crippen molar-refractivity contribution in [1.82, 2.24) is 4.90 Å². The third kappa shape index (κ3) is 3.72. The standard InChI is InChI=1S/C17H34N2/c1-3-6-16-8-5-11-19(12-9-16)17(14-18)10-4-7-15(2)13-17/h15-16H,3-14,18H2,1-2H3. The lowest BCUT2D eigenvalue weighted by Crippen LogP contribution is -2.56. The summed E-state index contributed by atoms with van der Waals surface area (Å²) in [7, 11) is 0. The van der Waals surface area contributed by atoms with Gasteiger partial charge in [0.15, 0.2) is 0 Å². The topological polar surface area (TPSA) is 29.3 Å². The van der Waals surface area contributed by atoms with Gasteiger partial charge in [0, 0.05) is 12.1 Å². The quantitative estimate of drug-likeness (QED) is 0.838. The van der Waals surface area contributed by atoms with Crippen LogP contribution in [0.4, 0.5) is 0 Å². The lowest BCUT2D eigenvalue weighted by atomic mass is 9.75. The van der Waals surface area contributed by atoms with Gasteiger partial charge >= 0.3 is 0 Å². The Balaban J connectivity index is 1.98. The Bertz CT molecular complexity index is 266. The van der Waals surface area contributed by atoms with E-state index in [1.54, 1.807) is 0 Å². The molecule has 1 heterocycles. The van der Waals surface area contributed by atoms with Gasteiger partial charge in [-0.25, -0.2) is 0 Å². The van der Waals surface area contributed by atoms with E-state index >= 15 is 0 Å². The summed E-state index contributed by atoms with van der Waals surface area (Å²) in [5.74, 6) is 1.85. The second-order valence-corrected chi connectivity index (χ2v) is 7.20. The van der Waals surface area contributed by atoms with Gasteiger partial charge in [-0.2, -0.15) is 0 Å². The highest BCUT2D eigenvalue weighted by Gasteiger charge is 2.39. The summed E-state index contributed by atoms with van der Waals surface area (Å²) in [5, 5.41) is 0. The van der Waals surface area contributed by atoms with Gasteiger partial charge in [0.25, 0.3) is 0 Å². The van der Waals surface area contributed by atoms with Gasteiger partial charge in [0.05, 0.1) is 0 Å². The minimum Gasteiger partial charge on any atom is -0.329 e.